The first-order chi connectivity index (χ1) is 12.5. The molecular formula is C20H23N5O. The van der Waals surface area contributed by atoms with Crippen molar-refractivity contribution in [1.82, 2.24) is 15.0 Å². The van der Waals surface area contributed by atoms with E-state index in [2.05, 4.69) is 34.1 Å². The molecule has 0 bridgehead atoms. The highest BCUT2D eigenvalue weighted by molar-refractivity contribution is 6.05. The van der Waals surface area contributed by atoms with E-state index in [4.69, 9.17) is 0 Å². The second-order valence-corrected chi connectivity index (χ2v) is 6.28. The lowest BCUT2D eigenvalue weighted by atomic mass is 10.1. The van der Waals surface area contributed by atoms with Crippen LogP contribution in [0.25, 0.3) is 11.0 Å². The van der Waals surface area contributed by atoms with Crippen LogP contribution in [-0.2, 0) is 12.8 Å². The molecule has 3 rings (SSSR count). The first kappa shape index (κ1) is 17.8. The van der Waals surface area contributed by atoms with E-state index < -0.39 is 0 Å². The molecule has 2 aromatic heterocycles. The largest absolute Gasteiger partial charge is 0.363 e. The van der Waals surface area contributed by atoms with Crippen LogP contribution in [0.1, 0.15) is 35.6 Å². The monoisotopic (exact) mass is 349 g/mol. The third kappa shape index (κ3) is 3.64. The molecule has 0 unspecified atom stereocenters. The zero-order valence-electron chi connectivity index (χ0n) is 15.6. The first-order valence-electron chi connectivity index (χ1n) is 8.76. The summed E-state index contributed by atoms with van der Waals surface area (Å²) in [7, 11) is 3.84. The number of aryl methyl sites for hydroxylation is 2. The fourth-order valence-corrected chi connectivity index (χ4v) is 2.76. The normalized spacial score (nSPS) is 10.8. The molecule has 134 valence electrons. The van der Waals surface area contributed by atoms with Gasteiger partial charge >= 0.3 is 0 Å². The lowest BCUT2D eigenvalue weighted by Crippen LogP contribution is -2.14. The number of hydrogen-bond donors (Lipinski definition) is 1. The number of hydrogen-bond acceptors (Lipinski definition) is 5. The Balaban J connectivity index is 1.86. The number of carbonyl (C=O) groups excluding carboxylic acids is 1. The maximum Gasteiger partial charge on any atom is 0.255 e. The van der Waals surface area contributed by atoms with Gasteiger partial charge in [0.05, 0.1) is 34.3 Å². The van der Waals surface area contributed by atoms with Crippen LogP contribution in [0.15, 0.2) is 36.5 Å². The van der Waals surface area contributed by atoms with Crippen LogP contribution in [0.4, 0.5) is 11.5 Å². The Kier molecular flexibility index (Phi) is 5.11. The van der Waals surface area contributed by atoms with E-state index in [9.17, 15) is 4.79 Å². The first-order valence-corrected chi connectivity index (χ1v) is 8.76. The van der Waals surface area contributed by atoms with Gasteiger partial charge in [-0.15, -0.1) is 0 Å². The molecule has 6 heteroatoms. The summed E-state index contributed by atoms with van der Waals surface area (Å²) < 4.78 is 0. The van der Waals surface area contributed by atoms with Crippen LogP contribution in [0.3, 0.4) is 0 Å². The van der Waals surface area contributed by atoms with Gasteiger partial charge in [-0.05, 0) is 43.2 Å². The lowest BCUT2D eigenvalue weighted by Gasteiger charge is -2.12. The summed E-state index contributed by atoms with van der Waals surface area (Å²) >= 11 is 0. The smallest absolute Gasteiger partial charge is 0.255 e. The molecule has 0 saturated carbocycles. The molecule has 2 heterocycles. The fourth-order valence-electron chi connectivity index (χ4n) is 2.76. The SMILES string of the molecule is CCc1nc2ccc(C(=O)Nc3ccc(N(C)C)nc3)cc2nc1CC. The van der Waals surface area contributed by atoms with Gasteiger partial charge in [0.25, 0.3) is 5.91 Å². The van der Waals surface area contributed by atoms with E-state index in [1.54, 1.807) is 18.3 Å². The summed E-state index contributed by atoms with van der Waals surface area (Å²) in [6, 6.07) is 9.12. The third-order valence-corrected chi connectivity index (χ3v) is 4.22. The summed E-state index contributed by atoms with van der Waals surface area (Å²) in [6.45, 7) is 4.14. The summed E-state index contributed by atoms with van der Waals surface area (Å²) in [5, 5.41) is 2.87. The number of nitrogens with one attached hydrogen (secondary N) is 1. The van der Waals surface area contributed by atoms with E-state index in [-0.39, 0.29) is 5.91 Å². The topological polar surface area (TPSA) is 71.0 Å². The highest BCUT2D eigenvalue weighted by Gasteiger charge is 2.11. The predicted molar refractivity (Wildman–Crippen MR) is 105 cm³/mol. The van der Waals surface area contributed by atoms with Crippen LogP contribution >= 0.6 is 0 Å². The van der Waals surface area contributed by atoms with E-state index in [0.717, 1.165) is 41.1 Å². The van der Waals surface area contributed by atoms with Gasteiger partial charge in [0, 0.05) is 19.7 Å². The second-order valence-electron chi connectivity index (χ2n) is 6.28. The van der Waals surface area contributed by atoms with Crippen molar-refractivity contribution < 1.29 is 4.79 Å². The summed E-state index contributed by atoms with van der Waals surface area (Å²) in [6.07, 6.45) is 3.33. The van der Waals surface area contributed by atoms with Gasteiger partial charge in [0.2, 0.25) is 0 Å². The molecule has 0 aliphatic carbocycles. The number of aromatic nitrogens is 3. The van der Waals surface area contributed by atoms with Crippen molar-refractivity contribution in [1.29, 1.82) is 0 Å². The lowest BCUT2D eigenvalue weighted by molar-refractivity contribution is 0.102. The Morgan fingerprint density at radius 1 is 1.00 bits per heavy atom. The number of pyridine rings is 1. The average Bonchev–Trinajstić information content (AvgIpc) is 2.66. The highest BCUT2D eigenvalue weighted by atomic mass is 16.1. The van der Waals surface area contributed by atoms with E-state index in [1.165, 1.54) is 0 Å². The van der Waals surface area contributed by atoms with Crippen molar-refractivity contribution in [2.75, 3.05) is 24.3 Å². The van der Waals surface area contributed by atoms with Gasteiger partial charge in [-0.1, -0.05) is 13.8 Å². The Morgan fingerprint density at radius 3 is 2.27 bits per heavy atom. The molecule has 6 nitrogen and oxygen atoms in total. The molecular weight excluding hydrogens is 326 g/mol. The molecule has 1 amide bonds. The maximum atomic E-state index is 12.6. The number of anilines is 2. The van der Waals surface area contributed by atoms with Crippen molar-refractivity contribution in [2.45, 2.75) is 26.7 Å². The van der Waals surface area contributed by atoms with Crippen molar-refractivity contribution in [3.05, 3.63) is 53.5 Å². The minimum atomic E-state index is -0.189. The van der Waals surface area contributed by atoms with E-state index in [0.29, 0.717) is 11.3 Å². The summed E-state index contributed by atoms with van der Waals surface area (Å²) in [5.41, 5.74) is 4.77. The van der Waals surface area contributed by atoms with Crippen molar-refractivity contribution >= 4 is 28.4 Å². The van der Waals surface area contributed by atoms with Gasteiger partial charge < -0.3 is 10.2 Å². The number of fused-ring (bicyclic) bond motifs is 1. The Morgan fingerprint density at radius 2 is 1.69 bits per heavy atom. The number of carbonyl (C=O) groups is 1. The van der Waals surface area contributed by atoms with Crippen LogP contribution in [0.2, 0.25) is 0 Å². The number of rotatable bonds is 5. The predicted octanol–water partition coefficient (Wildman–Crippen LogP) is 3.47. The summed E-state index contributed by atoms with van der Waals surface area (Å²) in [4.78, 5) is 28.1. The zero-order chi connectivity index (χ0) is 18.7. The van der Waals surface area contributed by atoms with Gasteiger partial charge in [-0.25, -0.2) is 15.0 Å². The third-order valence-electron chi connectivity index (χ3n) is 4.22. The van der Waals surface area contributed by atoms with Gasteiger partial charge in [-0.2, -0.15) is 0 Å². The van der Waals surface area contributed by atoms with Crippen LogP contribution in [0, 0.1) is 0 Å². The molecule has 0 fully saturated rings. The second kappa shape index (κ2) is 7.47. The van der Waals surface area contributed by atoms with Crippen molar-refractivity contribution in [2.24, 2.45) is 0 Å². The average molecular weight is 349 g/mol. The molecule has 0 atom stereocenters. The molecule has 3 aromatic rings. The maximum absolute atomic E-state index is 12.6. The minimum absolute atomic E-state index is 0.189. The molecule has 1 aromatic carbocycles. The molecule has 0 saturated heterocycles. The Hall–Kier alpha value is -3.02. The number of benzene rings is 1. The summed E-state index contributed by atoms with van der Waals surface area (Å²) in [5.74, 6) is 0.647. The van der Waals surface area contributed by atoms with Crippen LogP contribution in [-0.4, -0.2) is 35.0 Å². The van der Waals surface area contributed by atoms with Gasteiger partial charge in [0.1, 0.15) is 5.82 Å². The minimum Gasteiger partial charge on any atom is -0.363 e. The molecule has 0 spiro atoms. The fraction of sp³-hybridized carbons (Fsp3) is 0.300. The zero-order valence-corrected chi connectivity index (χ0v) is 15.6. The molecule has 0 aliphatic heterocycles. The number of amides is 1. The van der Waals surface area contributed by atoms with E-state index >= 15 is 0 Å². The molecule has 26 heavy (non-hydrogen) atoms. The number of nitrogens with zero attached hydrogens (tertiary/aromatic N) is 4. The Labute approximate surface area is 153 Å². The molecule has 0 aliphatic rings. The van der Waals surface area contributed by atoms with Crippen LogP contribution in [0.5, 0.6) is 0 Å². The van der Waals surface area contributed by atoms with Gasteiger partial charge in [-0.3, -0.25) is 4.79 Å². The standard InChI is InChI=1S/C20H23N5O/c1-5-15-16(6-2)24-18-11-13(7-9-17(18)23-15)20(26)22-14-8-10-19(21-12-14)25(3)4/h7-12H,5-6H2,1-4H3,(H,22,26). The van der Waals surface area contributed by atoms with Gasteiger partial charge in [0.15, 0.2) is 0 Å². The Bertz CT molecular complexity index is 935. The van der Waals surface area contributed by atoms with Crippen molar-refractivity contribution in [3.63, 3.8) is 0 Å². The molecule has 1 N–H and O–H groups in total. The van der Waals surface area contributed by atoms with Crippen molar-refractivity contribution in [3.8, 4) is 0 Å². The molecule has 0 radical (unpaired) electrons. The van der Waals surface area contributed by atoms with Crippen LogP contribution < -0.4 is 10.2 Å². The highest BCUT2D eigenvalue weighted by Crippen LogP contribution is 2.18. The van der Waals surface area contributed by atoms with E-state index in [1.807, 2.05) is 37.2 Å². The quantitative estimate of drug-likeness (QED) is 0.764.